The molecule has 6 heteroatoms. The van der Waals surface area contributed by atoms with Gasteiger partial charge in [0.1, 0.15) is 5.75 Å². The van der Waals surface area contributed by atoms with Crippen molar-refractivity contribution in [3.63, 3.8) is 0 Å². The second-order valence-electron chi connectivity index (χ2n) is 6.54. The van der Waals surface area contributed by atoms with Crippen LogP contribution >= 0.6 is 0 Å². The topological polar surface area (TPSA) is 75.7 Å². The van der Waals surface area contributed by atoms with Gasteiger partial charge in [0.05, 0.1) is 7.11 Å². The van der Waals surface area contributed by atoms with E-state index in [0.717, 1.165) is 11.3 Å². The lowest BCUT2D eigenvalue weighted by molar-refractivity contribution is -0.129. The Bertz CT molecular complexity index is 848. The third-order valence-electron chi connectivity index (χ3n) is 4.41. The van der Waals surface area contributed by atoms with Crippen molar-refractivity contribution in [2.75, 3.05) is 25.5 Å². The van der Waals surface area contributed by atoms with E-state index in [0.29, 0.717) is 30.8 Å². The number of methoxy groups -OCH3 is 1. The van der Waals surface area contributed by atoms with E-state index in [2.05, 4.69) is 5.32 Å². The fourth-order valence-electron chi connectivity index (χ4n) is 2.79. The van der Waals surface area contributed by atoms with Gasteiger partial charge >= 0.3 is 0 Å². The zero-order valence-corrected chi connectivity index (χ0v) is 16.5. The number of carbonyl (C=O) groups is 3. The molecule has 0 saturated heterocycles. The van der Waals surface area contributed by atoms with Crippen LogP contribution in [-0.4, -0.2) is 42.7 Å². The molecule has 2 aromatic carbocycles. The Labute approximate surface area is 165 Å². The van der Waals surface area contributed by atoms with Crippen LogP contribution in [0.1, 0.15) is 36.2 Å². The van der Waals surface area contributed by atoms with Gasteiger partial charge in [-0.05, 0) is 43.2 Å². The summed E-state index contributed by atoms with van der Waals surface area (Å²) in [5, 5.41) is 2.77. The summed E-state index contributed by atoms with van der Waals surface area (Å²) in [4.78, 5) is 37.2. The Hall–Kier alpha value is -3.15. The number of ketones is 1. The molecule has 0 aliphatic rings. The van der Waals surface area contributed by atoms with Gasteiger partial charge in [-0.15, -0.1) is 0 Å². The third-order valence-corrected chi connectivity index (χ3v) is 4.41. The first-order chi connectivity index (χ1) is 13.4. The van der Waals surface area contributed by atoms with E-state index < -0.39 is 0 Å². The number of nitrogens with one attached hydrogen (secondary N) is 1. The summed E-state index contributed by atoms with van der Waals surface area (Å²) in [7, 11) is 1.62. The summed E-state index contributed by atoms with van der Waals surface area (Å²) in [6, 6.07) is 14.5. The van der Waals surface area contributed by atoms with Crippen molar-refractivity contribution in [3.8, 4) is 5.75 Å². The standard InChI is InChI=1S/C22H26N2O4/c1-16(25)19-7-5-8-20(15-19)23-22(27)11-13-24(17(2)26)12-10-18-6-4-9-21(14-18)28-3/h4-9,14-15H,10-13H2,1-3H3,(H,23,27). The summed E-state index contributed by atoms with van der Waals surface area (Å²) in [6.07, 6.45) is 0.862. The molecule has 0 saturated carbocycles. The number of carbonyl (C=O) groups excluding carboxylic acids is 3. The molecule has 0 aliphatic heterocycles. The first-order valence-electron chi connectivity index (χ1n) is 9.18. The van der Waals surface area contributed by atoms with Gasteiger partial charge in [-0.2, -0.15) is 0 Å². The number of hydrogen-bond donors (Lipinski definition) is 1. The minimum absolute atomic E-state index is 0.0589. The number of anilines is 1. The maximum absolute atomic E-state index is 12.2. The molecule has 0 bridgehead atoms. The highest BCUT2D eigenvalue weighted by atomic mass is 16.5. The monoisotopic (exact) mass is 382 g/mol. The second kappa shape index (κ2) is 10.3. The number of amides is 2. The Kier molecular flexibility index (Phi) is 7.75. The Morgan fingerprint density at radius 1 is 1.00 bits per heavy atom. The van der Waals surface area contributed by atoms with Crippen LogP contribution < -0.4 is 10.1 Å². The van der Waals surface area contributed by atoms with Crippen LogP contribution in [-0.2, 0) is 16.0 Å². The molecule has 28 heavy (non-hydrogen) atoms. The number of hydrogen-bond acceptors (Lipinski definition) is 4. The zero-order valence-electron chi connectivity index (χ0n) is 16.5. The third kappa shape index (κ3) is 6.54. The van der Waals surface area contributed by atoms with Gasteiger partial charge in [-0.3, -0.25) is 14.4 Å². The van der Waals surface area contributed by atoms with Crippen molar-refractivity contribution in [2.45, 2.75) is 26.7 Å². The largest absolute Gasteiger partial charge is 0.497 e. The van der Waals surface area contributed by atoms with E-state index >= 15 is 0 Å². The van der Waals surface area contributed by atoms with E-state index in [-0.39, 0.29) is 24.0 Å². The molecule has 0 heterocycles. The summed E-state index contributed by atoms with van der Waals surface area (Å²) in [5.74, 6) is 0.443. The summed E-state index contributed by atoms with van der Waals surface area (Å²) >= 11 is 0. The number of benzene rings is 2. The summed E-state index contributed by atoms with van der Waals surface area (Å²) in [5.41, 5.74) is 2.18. The van der Waals surface area contributed by atoms with E-state index in [9.17, 15) is 14.4 Å². The predicted octanol–water partition coefficient (Wildman–Crippen LogP) is 3.32. The van der Waals surface area contributed by atoms with Crippen molar-refractivity contribution in [1.29, 1.82) is 0 Å². The van der Waals surface area contributed by atoms with Gasteiger partial charge in [0, 0.05) is 37.7 Å². The SMILES string of the molecule is COc1cccc(CCN(CCC(=O)Nc2cccc(C(C)=O)c2)C(C)=O)c1. The predicted molar refractivity (Wildman–Crippen MR) is 109 cm³/mol. The minimum atomic E-state index is -0.201. The molecule has 1 N–H and O–H groups in total. The van der Waals surface area contributed by atoms with Crippen LogP contribution in [0.5, 0.6) is 5.75 Å². The molecule has 2 amide bonds. The quantitative estimate of drug-likeness (QED) is 0.675. The van der Waals surface area contributed by atoms with E-state index in [1.807, 2.05) is 24.3 Å². The van der Waals surface area contributed by atoms with Crippen LogP contribution in [0.25, 0.3) is 0 Å². The molecular weight excluding hydrogens is 356 g/mol. The summed E-state index contributed by atoms with van der Waals surface area (Å²) in [6.45, 7) is 3.83. The maximum atomic E-state index is 12.2. The highest BCUT2D eigenvalue weighted by Crippen LogP contribution is 2.14. The molecule has 0 aromatic heterocycles. The first-order valence-corrected chi connectivity index (χ1v) is 9.18. The fraction of sp³-hybridized carbons (Fsp3) is 0.318. The van der Waals surface area contributed by atoms with Crippen molar-refractivity contribution in [1.82, 2.24) is 4.90 Å². The van der Waals surface area contributed by atoms with Gasteiger partial charge in [0.25, 0.3) is 0 Å². The lowest BCUT2D eigenvalue weighted by atomic mass is 10.1. The number of nitrogens with zero attached hydrogens (tertiary/aromatic N) is 1. The number of ether oxygens (including phenoxy) is 1. The molecule has 6 nitrogen and oxygen atoms in total. The van der Waals surface area contributed by atoms with Crippen LogP contribution in [0.2, 0.25) is 0 Å². The molecule has 148 valence electrons. The van der Waals surface area contributed by atoms with Crippen molar-refractivity contribution >= 4 is 23.3 Å². The van der Waals surface area contributed by atoms with Gasteiger partial charge in [0.2, 0.25) is 11.8 Å². The average molecular weight is 382 g/mol. The van der Waals surface area contributed by atoms with Gasteiger partial charge in [-0.25, -0.2) is 0 Å². The van der Waals surface area contributed by atoms with Crippen molar-refractivity contribution in [3.05, 3.63) is 59.7 Å². The Balaban J connectivity index is 1.88. The average Bonchev–Trinajstić information content (AvgIpc) is 2.68. The highest BCUT2D eigenvalue weighted by Gasteiger charge is 2.12. The lowest BCUT2D eigenvalue weighted by Gasteiger charge is -2.21. The molecule has 0 unspecified atom stereocenters. The molecule has 2 aromatic rings. The minimum Gasteiger partial charge on any atom is -0.497 e. The molecule has 0 spiro atoms. The molecule has 2 rings (SSSR count). The fourth-order valence-corrected chi connectivity index (χ4v) is 2.79. The number of Topliss-reactive ketones (excluding diaryl/α,β-unsaturated/α-hetero) is 1. The van der Waals surface area contributed by atoms with E-state index in [4.69, 9.17) is 4.74 Å². The van der Waals surface area contributed by atoms with Crippen LogP contribution in [0.3, 0.4) is 0 Å². The van der Waals surface area contributed by atoms with Crippen molar-refractivity contribution in [2.24, 2.45) is 0 Å². The van der Waals surface area contributed by atoms with E-state index in [1.165, 1.54) is 13.8 Å². The maximum Gasteiger partial charge on any atom is 0.226 e. The Morgan fingerprint density at radius 3 is 2.43 bits per heavy atom. The van der Waals surface area contributed by atoms with Crippen LogP contribution in [0.4, 0.5) is 5.69 Å². The van der Waals surface area contributed by atoms with Gasteiger partial charge < -0.3 is 15.0 Å². The van der Waals surface area contributed by atoms with Crippen molar-refractivity contribution < 1.29 is 19.1 Å². The van der Waals surface area contributed by atoms with Gasteiger partial charge in [0.15, 0.2) is 5.78 Å². The Morgan fingerprint density at radius 2 is 1.75 bits per heavy atom. The molecule has 0 fully saturated rings. The summed E-state index contributed by atoms with van der Waals surface area (Å²) < 4.78 is 5.21. The molecule has 0 radical (unpaired) electrons. The normalized spacial score (nSPS) is 10.2. The highest BCUT2D eigenvalue weighted by molar-refractivity contribution is 5.97. The molecular formula is C22H26N2O4. The lowest BCUT2D eigenvalue weighted by Crippen LogP contribution is -2.33. The van der Waals surface area contributed by atoms with Gasteiger partial charge in [-0.1, -0.05) is 24.3 Å². The molecule has 0 atom stereocenters. The van der Waals surface area contributed by atoms with E-state index in [1.54, 1.807) is 36.3 Å². The van der Waals surface area contributed by atoms with Crippen LogP contribution in [0.15, 0.2) is 48.5 Å². The molecule has 0 aliphatic carbocycles. The first kappa shape index (κ1) is 21.2. The van der Waals surface area contributed by atoms with Crippen LogP contribution in [0, 0.1) is 0 Å². The number of rotatable bonds is 9. The zero-order chi connectivity index (χ0) is 20.5. The second-order valence-corrected chi connectivity index (χ2v) is 6.54. The smallest absolute Gasteiger partial charge is 0.226 e.